The van der Waals surface area contributed by atoms with E-state index in [1.807, 2.05) is 18.2 Å². The largest absolute Gasteiger partial charge is 0.356 e. The average molecular weight is 526 g/mol. The normalized spacial score (nSPS) is 27.2. The van der Waals surface area contributed by atoms with E-state index in [0.29, 0.717) is 19.0 Å². The second kappa shape index (κ2) is 9.97. The number of guanidine groups is 1. The SMILES string of the molecule is CN=C(NCCSc1ccccc1)NCCN1C(=O)C2C3C=CC(C3)C2C1=O.I. The lowest BCUT2D eigenvalue weighted by molar-refractivity contribution is -0.140. The Morgan fingerprint density at radius 3 is 2.31 bits per heavy atom. The van der Waals surface area contributed by atoms with Crippen LogP contribution >= 0.6 is 35.7 Å². The predicted molar refractivity (Wildman–Crippen MR) is 126 cm³/mol. The van der Waals surface area contributed by atoms with Crippen molar-refractivity contribution in [3.63, 3.8) is 0 Å². The topological polar surface area (TPSA) is 73.8 Å². The highest BCUT2D eigenvalue weighted by molar-refractivity contribution is 14.0. The van der Waals surface area contributed by atoms with E-state index in [2.05, 4.69) is 39.9 Å². The van der Waals surface area contributed by atoms with Crippen LogP contribution in [0.25, 0.3) is 0 Å². The Morgan fingerprint density at radius 2 is 1.69 bits per heavy atom. The highest BCUT2D eigenvalue weighted by Crippen LogP contribution is 2.52. The molecule has 6 nitrogen and oxygen atoms in total. The van der Waals surface area contributed by atoms with Crippen molar-refractivity contribution >= 4 is 53.5 Å². The molecule has 1 aromatic rings. The van der Waals surface area contributed by atoms with Gasteiger partial charge in [0.05, 0.1) is 11.8 Å². The summed E-state index contributed by atoms with van der Waals surface area (Å²) < 4.78 is 0. The Balaban J connectivity index is 0.00000240. The van der Waals surface area contributed by atoms with E-state index in [1.165, 1.54) is 9.80 Å². The fourth-order valence-electron chi connectivity index (χ4n) is 4.55. The van der Waals surface area contributed by atoms with Gasteiger partial charge >= 0.3 is 0 Å². The lowest BCUT2D eigenvalue weighted by Crippen LogP contribution is -2.44. The predicted octanol–water partition coefficient (Wildman–Crippen LogP) is 2.37. The third-order valence-electron chi connectivity index (χ3n) is 5.82. The molecule has 8 heteroatoms. The van der Waals surface area contributed by atoms with Gasteiger partial charge in [0.1, 0.15) is 0 Å². The first-order valence-electron chi connectivity index (χ1n) is 9.85. The molecule has 2 fully saturated rings. The minimum atomic E-state index is -0.116. The van der Waals surface area contributed by atoms with Gasteiger partial charge in [-0.3, -0.25) is 19.5 Å². The van der Waals surface area contributed by atoms with Gasteiger partial charge < -0.3 is 10.6 Å². The van der Waals surface area contributed by atoms with E-state index in [-0.39, 0.29) is 59.5 Å². The van der Waals surface area contributed by atoms with Gasteiger partial charge in [-0.1, -0.05) is 30.4 Å². The summed E-state index contributed by atoms with van der Waals surface area (Å²) in [4.78, 5) is 32.3. The molecule has 0 radical (unpaired) electrons. The van der Waals surface area contributed by atoms with Gasteiger partial charge in [0.15, 0.2) is 5.96 Å². The number of carbonyl (C=O) groups excluding carboxylic acids is 2. The second-order valence-corrected chi connectivity index (χ2v) is 8.58. The third kappa shape index (κ3) is 4.63. The number of rotatable bonds is 7. The van der Waals surface area contributed by atoms with Crippen LogP contribution in [-0.2, 0) is 9.59 Å². The van der Waals surface area contributed by atoms with Crippen LogP contribution in [0.15, 0.2) is 52.4 Å². The minimum Gasteiger partial charge on any atom is -0.356 e. The van der Waals surface area contributed by atoms with Gasteiger partial charge in [0.25, 0.3) is 0 Å². The number of likely N-dealkylation sites (tertiary alicyclic amines) is 1. The Hall–Kier alpha value is -1.55. The maximum Gasteiger partial charge on any atom is 0.233 e. The maximum absolute atomic E-state index is 12.7. The van der Waals surface area contributed by atoms with Crippen molar-refractivity contribution in [1.82, 2.24) is 15.5 Å². The molecule has 2 bridgehead atoms. The quantitative estimate of drug-likeness (QED) is 0.109. The van der Waals surface area contributed by atoms with Crippen molar-refractivity contribution < 1.29 is 9.59 Å². The van der Waals surface area contributed by atoms with Gasteiger partial charge in [0.2, 0.25) is 11.8 Å². The molecule has 2 aliphatic carbocycles. The first-order valence-corrected chi connectivity index (χ1v) is 10.8. The van der Waals surface area contributed by atoms with E-state index in [1.54, 1.807) is 18.8 Å². The number of imide groups is 1. The van der Waals surface area contributed by atoms with Crippen LogP contribution in [-0.4, -0.2) is 55.1 Å². The molecule has 1 aliphatic heterocycles. The number of carbonyl (C=O) groups is 2. The van der Waals surface area contributed by atoms with E-state index in [9.17, 15) is 9.59 Å². The van der Waals surface area contributed by atoms with Gasteiger partial charge in [-0.25, -0.2) is 0 Å². The van der Waals surface area contributed by atoms with Crippen LogP contribution in [0, 0.1) is 23.7 Å². The van der Waals surface area contributed by atoms with Crippen molar-refractivity contribution in [3.05, 3.63) is 42.5 Å². The molecule has 4 unspecified atom stereocenters. The highest BCUT2D eigenvalue weighted by Gasteiger charge is 2.58. The number of nitrogens with one attached hydrogen (secondary N) is 2. The first-order chi connectivity index (χ1) is 13.7. The summed E-state index contributed by atoms with van der Waals surface area (Å²) in [6, 6.07) is 10.3. The summed E-state index contributed by atoms with van der Waals surface area (Å²) in [6.45, 7) is 1.68. The van der Waals surface area contributed by atoms with Crippen molar-refractivity contribution in [2.45, 2.75) is 11.3 Å². The Morgan fingerprint density at radius 1 is 1.07 bits per heavy atom. The lowest BCUT2D eigenvalue weighted by atomic mass is 9.85. The fraction of sp³-hybridized carbons (Fsp3) is 0.476. The number of thioether (sulfide) groups is 1. The first kappa shape index (κ1) is 22.1. The molecule has 2 N–H and O–H groups in total. The van der Waals surface area contributed by atoms with Crippen LogP contribution in [0.2, 0.25) is 0 Å². The molecule has 4 atom stereocenters. The summed E-state index contributed by atoms with van der Waals surface area (Å²) in [7, 11) is 1.72. The number of halogens is 1. The van der Waals surface area contributed by atoms with Crippen LogP contribution in [0.3, 0.4) is 0 Å². The number of allylic oxidation sites excluding steroid dienone is 2. The molecule has 0 aromatic heterocycles. The molecular formula is C21H27IN4O2S. The number of hydrogen-bond acceptors (Lipinski definition) is 4. The van der Waals surface area contributed by atoms with Gasteiger partial charge in [0, 0.05) is 37.3 Å². The number of nitrogens with zero attached hydrogens (tertiary/aromatic N) is 2. The van der Waals surface area contributed by atoms with Gasteiger partial charge in [-0.2, -0.15) is 0 Å². The zero-order valence-corrected chi connectivity index (χ0v) is 19.6. The highest BCUT2D eigenvalue weighted by atomic mass is 127. The third-order valence-corrected chi connectivity index (χ3v) is 6.83. The number of amides is 2. The second-order valence-electron chi connectivity index (χ2n) is 7.42. The van der Waals surface area contributed by atoms with E-state index in [0.717, 1.165) is 18.7 Å². The zero-order valence-electron chi connectivity index (χ0n) is 16.4. The van der Waals surface area contributed by atoms with Crippen molar-refractivity contribution in [2.75, 3.05) is 32.4 Å². The molecule has 29 heavy (non-hydrogen) atoms. The van der Waals surface area contributed by atoms with E-state index < -0.39 is 0 Å². The van der Waals surface area contributed by atoms with Crippen LogP contribution in [0.1, 0.15) is 6.42 Å². The molecule has 2 amide bonds. The van der Waals surface area contributed by atoms with Crippen LogP contribution in [0.5, 0.6) is 0 Å². The smallest absolute Gasteiger partial charge is 0.233 e. The molecule has 1 aromatic carbocycles. The molecule has 3 aliphatic rings. The average Bonchev–Trinajstić information content (AvgIpc) is 3.40. The van der Waals surface area contributed by atoms with E-state index >= 15 is 0 Å². The number of hydrogen-bond donors (Lipinski definition) is 2. The standard InChI is InChI=1S/C21H26N4O2S.HI/c1-22-21(24-10-12-28-16-5-3-2-4-6-16)23-9-11-25-19(26)17-14-7-8-15(13-14)18(17)20(25)27;/h2-8,14-15,17-18H,9-13H2,1H3,(H2,22,23,24);1H. The Bertz CT molecular complexity index is 771. The Labute approximate surface area is 193 Å². The summed E-state index contributed by atoms with van der Waals surface area (Å²) in [5.41, 5.74) is 0. The number of fused-ring (bicyclic) bond motifs is 5. The minimum absolute atomic E-state index is 0. The summed E-state index contributed by atoms with van der Waals surface area (Å²) >= 11 is 1.78. The number of aliphatic imine (C=N–C) groups is 1. The fourth-order valence-corrected chi connectivity index (χ4v) is 5.34. The zero-order chi connectivity index (χ0) is 19.5. The maximum atomic E-state index is 12.7. The van der Waals surface area contributed by atoms with Crippen molar-refractivity contribution in [1.29, 1.82) is 0 Å². The molecule has 1 heterocycles. The van der Waals surface area contributed by atoms with Crippen LogP contribution < -0.4 is 10.6 Å². The van der Waals surface area contributed by atoms with E-state index in [4.69, 9.17) is 0 Å². The van der Waals surface area contributed by atoms with Gasteiger partial charge in [-0.05, 0) is 30.4 Å². The molecule has 1 saturated heterocycles. The van der Waals surface area contributed by atoms with Crippen molar-refractivity contribution in [2.24, 2.45) is 28.7 Å². The Kier molecular flexibility index (Phi) is 7.61. The van der Waals surface area contributed by atoms with Crippen molar-refractivity contribution in [3.8, 4) is 0 Å². The molecule has 156 valence electrons. The molecule has 0 spiro atoms. The summed E-state index contributed by atoms with van der Waals surface area (Å²) in [5.74, 6) is 1.93. The summed E-state index contributed by atoms with van der Waals surface area (Å²) in [5, 5.41) is 6.48. The summed E-state index contributed by atoms with van der Waals surface area (Å²) in [6.07, 6.45) is 5.21. The molecular weight excluding hydrogens is 499 g/mol. The van der Waals surface area contributed by atoms with Crippen LogP contribution in [0.4, 0.5) is 0 Å². The van der Waals surface area contributed by atoms with Gasteiger partial charge in [-0.15, -0.1) is 35.7 Å². The lowest BCUT2D eigenvalue weighted by Gasteiger charge is -2.18. The molecule has 4 rings (SSSR count). The monoisotopic (exact) mass is 526 g/mol. The number of benzene rings is 1. The molecule has 1 saturated carbocycles.